The lowest BCUT2D eigenvalue weighted by molar-refractivity contribution is 0.333. The Morgan fingerprint density at radius 2 is 0.954 bits per heavy atom. The molecule has 1 aromatic heterocycles. The maximum atomic E-state index is 6.88. The molecule has 0 radical (unpaired) electrons. The van der Waals surface area contributed by atoms with E-state index in [-0.39, 0.29) is 10.8 Å². The predicted molar refractivity (Wildman–Crippen MR) is 272 cm³/mol. The number of nitrogens with zero attached hydrogens (tertiary/aromatic N) is 1. The van der Waals surface area contributed by atoms with Crippen molar-refractivity contribution in [1.29, 1.82) is 0 Å². The minimum atomic E-state index is -0.577. The van der Waals surface area contributed by atoms with Crippen LogP contribution in [0.1, 0.15) is 73.9 Å². The van der Waals surface area contributed by atoms with Crippen molar-refractivity contribution in [2.24, 2.45) is 0 Å². The van der Waals surface area contributed by atoms with Crippen LogP contribution >= 0.6 is 0 Å². The summed E-state index contributed by atoms with van der Waals surface area (Å²) in [7, 11) is 0. The molecule has 12 rings (SSSR count). The number of para-hydroxylation sites is 3. The number of anilines is 3. The summed E-state index contributed by atoms with van der Waals surface area (Å²) < 4.78 is 6.88. The van der Waals surface area contributed by atoms with Crippen LogP contribution in [0.2, 0.25) is 0 Å². The zero-order valence-corrected chi connectivity index (χ0v) is 37.5. The molecule has 65 heavy (non-hydrogen) atoms. The van der Waals surface area contributed by atoms with Crippen LogP contribution in [0.4, 0.5) is 17.1 Å². The Kier molecular flexibility index (Phi) is 8.94. The fourth-order valence-corrected chi connectivity index (χ4v) is 11.6. The van der Waals surface area contributed by atoms with Crippen molar-refractivity contribution in [2.45, 2.75) is 56.8 Å². The van der Waals surface area contributed by atoms with Crippen LogP contribution in [0, 0.1) is 0 Å². The van der Waals surface area contributed by atoms with Crippen LogP contribution in [-0.2, 0) is 16.2 Å². The average Bonchev–Trinajstić information content (AvgIpc) is 3.88. The van der Waals surface area contributed by atoms with Crippen molar-refractivity contribution in [1.82, 2.24) is 0 Å². The molecular weight excluding hydrogens is 787 g/mol. The summed E-state index contributed by atoms with van der Waals surface area (Å²) in [5, 5.41) is 2.21. The Morgan fingerprint density at radius 1 is 0.400 bits per heavy atom. The van der Waals surface area contributed by atoms with E-state index in [4.69, 9.17) is 4.42 Å². The van der Waals surface area contributed by atoms with Gasteiger partial charge in [0.25, 0.3) is 0 Å². The third kappa shape index (κ3) is 6.00. The molecule has 0 saturated heterocycles. The van der Waals surface area contributed by atoms with Gasteiger partial charge in [-0.1, -0.05) is 204 Å². The van der Waals surface area contributed by atoms with E-state index >= 15 is 0 Å². The molecule has 314 valence electrons. The molecule has 0 fully saturated rings. The summed E-state index contributed by atoms with van der Waals surface area (Å²) in [6.07, 6.45) is 2.36. The number of fused-ring (bicyclic) bond motifs is 7. The number of hydrogen-bond donors (Lipinski definition) is 0. The second-order valence-electron chi connectivity index (χ2n) is 19.4. The summed E-state index contributed by atoms with van der Waals surface area (Å²) in [5.74, 6) is 0. The second kappa shape index (κ2) is 14.8. The molecule has 0 atom stereocenters. The van der Waals surface area contributed by atoms with E-state index in [0.717, 1.165) is 50.1 Å². The van der Waals surface area contributed by atoms with Gasteiger partial charge >= 0.3 is 0 Å². The lowest BCUT2D eigenvalue weighted by Crippen LogP contribution is -2.34. The van der Waals surface area contributed by atoms with Crippen LogP contribution in [0.25, 0.3) is 55.3 Å². The Bertz CT molecular complexity index is 3370. The van der Waals surface area contributed by atoms with Crippen LogP contribution < -0.4 is 4.90 Å². The Balaban J connectivity index is 1.16. The maximum absolute atomic E-state index is 6.88. The van der Waals surface area contributed by atoms with Gasteiger partial charge in [-0.3, -0.25) is 0 Å². The molecule has 1 heterocycles. The van der Waals surface area contributed by atoms with E-state index in [1.54, 1.807) is 0 Å². The molecular formula is C63H51NO. The lowest BCUT2D eigenvalue weighted by atomic mass is 9.61. The monoisotopic (exact) mass is 837 g/mol. The second-order valence-corrected chi connectivity index (χ2v) is 19.4. The SMILES string of the molecule is CC1(C)CCC(C)(C)c2c(-c3ccc(-c4cc5c(cc4N(c4ccccc4)c4cccc6c4oc4ccccc46)C(c4ccccc4)(c4ccccc4)c4ccccc4-5)cc3)cccc21. The van der Waals surface area contributed by atoms with Crippen molar-refractivity contribution >= 4 is 39.0 Å². The van der Waals surface area contributed by atoms with E-state index in [2.05, 4.69) is 245 Å². The molecule has 9 aromatic carbocycles. The minimum absolute atomic E-state index is 0.0819. The molecule has 0 aliphatic heterocycles. The molecule has 0 unspecified atom stereocenters. The first-order valence-electron chi connectivity index (χ1n) is 23.1. The lowest BCUT2D eigenvalue weighted by Gasteiger charge is -2.43. The van der Waals surface area contributed by atoms with Gasteiger partial charge in [0, 0.05) is 22.0 Å². The van der Waals surface area contributed by atoms with Gasteiger partial charge in [-0.25, -0.2) is 0 Å². The van der Waals surface area contributed by atoms with Crippen LogP contribution in [0.5, 0.6) is 0 Å². The summed E-state index contributed by atoms with van der Waals surface area (Å²) in [5.41, 5.74) is 19.9. The number of benzene rings is 9. The molecule has 2 aliphatic rings. The van der Waals surface area contributed by atoms with Crippen molar-refractivity contribution in [3.05, 3.63) is 246 Å². The normalized spacial score (nSPS) is 15.3. The first-order chi connectivity index (χ1) is 31.7. The molecule has 0 amide bonds. The predicted octanol–water partition coefficient (Wildman–Crippen LogP) is 17.1. The van der Waals surface area contributed by atoms with Crippen molar-refractivity contribution in [2.75, 3.05) is 4.90 Å². The molecule has 0 spiro atoms. The molecule has 10 aromatic rings. The summed E-state index contributed by atoms with van der Waals surface area (Å²) >= 11 is 0. The summed E-state index contributed by atoms with van der Waals surface area (Å²) in [6.45, 7) is 9.69. The Labute approximate surface area is 382 Å². The third-order valence-corrected chi connectivity index (χ3v) is 14.8. The Morgan fingerprint density at radius 3 is 1.68 bits per heavy atom. The molecule has 2 nitrogen and oxygen atoms in total. The topological polar surface area (TPSA) is 16.4 Å². The average molecular weight is 838 g/mol. The van der Waals surface area contributed by atoms with E-state index in [0.29, 0.717) is 0 Å². The van der Waals surface area contributed by atoms with Gasteiger partial charge in [0.1, 0.15) is 5.58 Å². The Hall–Kier alpha value is -7.42. The van der Waals surface area contributed by atoms with E-state index in [1.165, 1.54) is 68.5 Å². The van der Waals surface area contributed by atoms with Gasteiger partial charge < -0.3 is 9.32 Å². The highest BCUT2D eigenvalue weighted by Gasteiger charge is 2.47. The largest absolute Gasteiger partial charge is 0.454 e. The zero-order valence-electron chi connectivity index (χ0n) is 37.5. The number of hydrogen-bond acceptors (Lipinski definition) is 2. The maximum Gasteiger partial charge on any atom is 0.159 e. The van der Waals surface area contributed by atoms with Gasteiger partial charge in [-0.05, 0) is 121 Å². The van der Waals surface area contributed by atoms with E-state index < -0.39 is 5.41 Å². The standard InChI is InChI=1S/C63H51NO/c1-61(2)38-39-62(3,4)59-47(28-18-31-54(59)61)42-34-36-43(37-35-42)51-40-52-48-26-14-16-30-53(48)63(44-20-8-5-9-21-44,45-22-10-6-11-23-45)55(52)41-57(51)64(46-24-12-7-13-25-46)56-32-19-29-50-49-27-15-17-33-58(49)65-60(50)56/h5-37,40-41H,38-39H2,1-4H3. The number of rotatable bonds is 7. The highest BCUT2D eigenvalue weighted by atomic mass is 16.3. The van der Waals surface area contributed by atoms with Crippen molar-refractivity contribution < 1.29 is 4.42 Å². The smallest absolute Gasteiger partial charge is 0.159 e. The fourth-order valence-electron chi connectivity index (χ4n) is 11.6. The minimum Gasteiger partial charge on any atom is -0.454 e. The molecule has 0 saturated carbocycles. The molecule has 2 aliphatic carbocycles. The summed E-state index contributed by atoms with van der Waals surface area (Å²) in [6, 6.07) is 78.5. The van der Waals surface area contributed by atoms with Gasteiger partial charge in [0.15, 0.2) is 5.58 Å². The van der Waals surface area contributed by atoms with Crippen molar-refractivity contribution in [3.63, 3.8) is 0 Å². The molecule has 0 N–H and O–H groups in total. The van der Waals surface area contributed by atoms with Gasteiger partial charge in [0.05, 0.1) is 16.8 Å². The highest BCUT2D eigenvalue weighted by molar-refractivity contribution is 6.11. The quantitative estimate of drug-likeness (QED) is 0.159. The highest BCUT2D eigenvalue weighted by Crippen LogP contribution is 2.59. The van der Waals surface area contributed by atoms with Gasteiger partial charge in [0.2, 0.25) is 0 Å². The third-order valence-electron chi connectivity index (χ3n) is 14.8. The molecule has 2 heteroatoms. The van der Waals surface area contributed by atoms with Gasteiger partial charge in [-0.2, -0.15) is 0 Å². The zero-order chi connectivity index (χ0) is 43.9. The van der Waals surface area contributed by atoms with E-state index in [9.17, 15) is 0 Å². The first-order valence-corrected chi connectivity index (χ1v) is 23.1. The molecule has 0 bridgehead atoms. The van der Waals surface area contributed by atoms with Gasteiger partial charge in [-0.15, -0.1) is 0 Å². The van der Waals surface area contributed by atoms with Crippen LogP contribution in [-0.4, -0.2) is 0 Å². The number of furan rings is 1. The van der Waals surface area contributed by atoms with E-state index in [1.807, 2.05) is 0 Å². The first kappa shape index (κ1) is 39.2. The van der Waals surface area contributed by atoms with Crippen LogP contribution in [0.15, 0.2) is 217 Å². The van der Waals surface area contributed by atoms with Crippen LogP contribution in [0.3, 0.4) is 0 Å². The van der Waals surface area contributed by atoms with Crippen molar-refractivity contribution in [3.8, 4) is 33.4 Å². The summed E-state index contributed by atoms with van der Waals surface area (Å²) in [4.78, 5) is 2.44. The fraction of sp³-hybridized carbons (Fsp3) is 0.143.